The summed E-state index contributed by atoms with van der Waals surface area (Å²) in [5, 5.41) is 0.758. The highest BCUT2D eigenvalue weighted by molar-refractivity contribution is 6.31. The van der Waals surface area contributed by atoms with Gasteiger partial charge in [0.1, 0.15) is 11.6 Å². The van der Waals surface area contributed by atoms with Crippen molar-refractivity contribution in [1.82, 2.24) is 0 Å². The quantitative estimate of drug-likeness (QED) is 0.912. The molecule has 0 bridgehead atoms. The van der Waals surface area contributed by atoms with Gasteiger partial charge in [0.05, 0.1) is 11.6 Å². The molecule has 2 N–H and O–H groups in total. The van der Waals surface area contributed by atoms with Gasteiger partial charge in [0.2, 0.25) is 0 Å². The summed E-state index contributed by atoms with van der Waals surface area (Å²) in [5.41, 5.74) is 9.08. The highest BCUT2D eigenvalue weighted by atomic mass is 35.5. The van der Waals surface area contributed by atoms with Crippen molar-refractivity contribution < 1.29 is 9.13 Å². The van der Waals surface area contributed by atoms with E-state index in [1.165, 1.54) is 6.07 Å². The second-order valence-electron chi connectivity index (χ2n) is 5.14. The maximum atomic E-state index is 13.2. The van der Waals surface area contributed by atoms with Crippen LogP contribution in [0, 0.1) is 5.82 Å². The Hall–Kier alpha value is -1.29. The van der Waals surface area contributed by atoms with E-state index in [4.69, 9.17) is 33.7 Å². The summed E-state index contributed by atoms with van der Waals surface area (Å²) in [6.45, 7) is 0.667. The van der Waals surface area contributed by atoms with E-state index in [0.717, 1.165) is 28.9 Å². The fourth-order valence-electron chi connectivity index (χ4n) is 2.60. The highest BCUT2D eigenvalue weighted by Gasteiger charge is 2.20. The van der Waals surface area contributed by atoms with E-state index >= 15 is 0 Å². The van der Waals surface area contributed by atoms with Crippen molar-refractivity contribution in [2.75, 3.05) is 6.61 Å². The summed E-state index contributed by atoms with van der Waals surface area (Å²) in [6, 6.07) is 8.04. The van der Waals surface area contributed by atoms with E-state index in [2.05, 4.69) is 0 Å². The van der Waals surface area contributed by atoms with E-state index in [-0.39, 0.29) is 11.1 Å². The number of benzene rings is 2. The molecule has 2 nitrogen and oxygen atoms in total. The van der Waals surface area contributed by atoms with Gasteiger partial charge in [0.15, 0.2) is 0 Å². The Morgan fingerprint density at radius 2 is 2.05 bits per heavy atom. The third-order valence-corrected chi connectivity index (χ3v) is 4.14. The molecule has 1 aliphatic heterocycles. The fourth-order valence-corrected chi connectivity index (χ4v) is 3.05. The molecule has 3 rings (SSSR count). The smallest absolute Gasteiger partial charge is 0.141 e. The fraction of sp³-hybridized carbons (Fsp3) is 0.250. The number of rotatable bonds is 3. The molecule has 0 amide bonds. The Kier molecular flexibility index (Phi) is 4.07. The lowest BCUT2D eigenvalue weighted by Crippen LogP contribution is -2.14. The lowest BCUT2D eigenvalue weighted by molar-refractivity contribution is 0.352. The van der Waals surface area contributed by atoms with Crippen LogP contribution < -0.4 is 10.5 Å². The average Bonchev–Trinajstić information content (AvgIpc) is 2.90. The molecule has 0 spiro atoms. The summed E-state index contributed by atoms with van der Waals surface area (Å²) in [4.78, 5) is 0. The molecule has 0 saturated heterocycles. The maximum Gasteiger partial charge on any atom is 0.141 e. The van der Waals surface area contributed by atoms with Gasteiger partial charge in [-0.25, -0.2) is 4.39 Å². The summed E-state index contributed by atoms with van der Waals surface area (Å²) < 4.78 is 18.9. The van der Waals surface area contributed by atoms with Gasteiger partial charge in [-0.15, -0.1) is 0 Å². The van der Waals surface area contributed by atoms with Crippen LogP contribution in [0.25, 0.3) is 0 Å². The second-order valence-corrected chi connectivity index (χ2v) is 5.98. The van der Waals surface area contributed by atoms with Crippen molar-refractivity contribution in [3.05, 3.63) is 62.9 Å². The number of nitrogens with two attached hydrogens (primary N) is 1. The molecule has 1 atom stereocenters. The van der Waals surface area contributed by atoms with Crippen LogP contribution >= 0.6 is 23.2 Å². The summed E-state index contributed by atoms with van der Waals surface area (Å²) in [5.74, 6) is 0.433. The molecule has 0 aliphatic carbocycles. The van der Waals surface area contributed by atoms with Gasteiger partial charge < -0.3 is 10.5 Å². The molecule has 5 heteroatoms. The van der Waals surface area contributed by atoms with Gasteiger partial charge >= 0.3 is 0 Å². The molecular weight excluding hydrogens is 312 g/mol. The maximum absolute atomic E-state index is 13.2. The normalized spacial score (nSPS) is 14.7. The van der Waals surface area contributed by atoms with E-state index in [9.17, 15) is 4.39 Å². The first-order valence-corrected chi connectivity index (χ1v) is 7.45. The first kappa shape index (κ1) is 14.6. The number of fused-ring (bicyclic) bond motifs is 1. The lowest BCUT2D eigenvalue weighted by Gasteiger charge is -2.15. The van der Waals surface area contributed by atoms with E-state index in [0.29, 0.717) is 18.1 Å². The second kappa shape index (κ2) is 5.84. The summed E-state index contributed by atoms with van der Waals surface area (Å²) in [6.07, 6.45) is 1.42. The molecule has 1 aliphatic rings. The van der Waals surface area contributed by atoms with Crippen molar-refractivity contribution in [3.63, 3.8) is 0 Å². The van der Waals surface area contributed by atoms with Crippen LogP contribution in [0.3, 0.4) is 0 Å². The minimum absolute atomic E-state index is 0.0792. The summed E-state index contributed by atoms with van der Waals surface area (Å²) in [7, 11) is 0. The average molecular weight is 326 g/mol. The zero-order chi connectivity index (χ0) is 15.0. The molecular formula is C16H14Cl2FNO. The minimum Gasteiger partial charge on any atom is -0.493 e. The third-order valence-electron chi connectivity index (χ3n) is 3.64. The Morgan fingerprint density at radius 1 is 1.24 bits per heavy atom. The Morgan fingerprint density at radius 3 is 2.81 bits per heavy atom. The van der Waals surface area contributed by atoms with Gasteiger partial charge in [-0.05, 0) is 47.4 Å². The van der Waals surface area contributed by atoms with E-state index in [1.807, 2.05) is 12.1 Å². The SMILES string of the molecule is NC(Cc1cc(Cl)cc2c1OCC2)c1ccc(F)c(Cl)c1. The highest BCUT2D eigenvalue weighted by Crippen LogP contribution is 2.35. The molecule has 2 aromatic carbocycles. The minimum atomic E-state index is -0.445. The van der Waals surface area contributed by atoms with Crippen LogP contribution in [0.15, 0.2) is 30.3 Å². The number of hydrogen-bond acceptors (Lipinski definition) is 2. The molecule has 0 aromatic heterocycles. The first-order valence-electron chi connectivity index (χ1n) is 6.69. The van der Waals surface area contributed by atoms with Gasteiger partial charge in [0.25, 0.3) is 0 Å². The topological polar surface area (TPSA) is 35.2 Å². The van der Waals surface area contributed by atoms with Crippen molar-refractivity contribution in [2.24, 2.45) is 5.73 Å². The number of ether oxygens (including phenoxy) is 1. The molecule has 1 heterocycles. The van der Waals surface area contributed by atoms with Gasteiger partial charge in [-0.3, -0.25) is 0 Å². The van der Waals surface area contributed by atoms with Crippen molar-refractivity contribution in [2.45, 2.75) is 18.9 Å². The van der Waals surface area contributed by atoms with E-state index in [1.54, 1.807) is 12.1 Å². The molecule has 0 saturated carbocycles. The van der Waals surface area contributed by atoms with Crippen LogP contribution in [0.5, 0.6) is 5.75 Å². The van der Waals surface area contributed by atoms with E-state index < -0.39 is 5.82 Å². The van der Waals surface area contributed by atoms with Crippen molar-refractivity contribution in [3.8, 4) is 5.75 Å². The zero-order valence-corrected chi connectivity index (χ0v) is 12.7. The monoisotopic (exact) mass is 325 g/mol. The Bertz CT molecular complexity index is 690. The van der Waals surface area contributed by atoms with Crippen molar-refractivity contribution >= 4 is 23.2 Å². The Labute approximate surface area is 132 Å². The van der Waals surface area contributed by atoms with Crippen molar-refractivity contribution in [1.29, 1.82) is 0 Å². The van der Waals surface area contributed by atoms with Gasteiger partial charge in [-0.1, -0.05) is 29.3 Å². The molecule has 21 heavy (non-hydrogen) atoms. The number of halogens is 3. The van der Waals surface area contributed by atoms with Crippen LogP contribution in [-0.2, 0) is 12.8 Å². The van der Waals surface area contributed by atoms with Gasteiger partial charge in [-0.2, -0.15) is 0 Å². The van der Waals surface area contributed by atoms with Crippen LogP contribution in [0.2, 0.25) is 10.0 Å². The largest absolute Gasteiger partial charge is 0.493 e. The van der Waals surface area contributed by atoms with Gasteiger partial charge in [0, 0.05) is 17.5 Å². The predicted octanol–water partition coefficient (Wildman–Crippen LogP) is 4.31. The zero-order valence-electron chi connectivity index (χ0n) is 11.2. The molecule has 0 fully saturated rings. The predicted molar refractivity (Wildman–Crippen MR) is 82.7 cm³/mol. The lowest BCUT2D eigenvalue weighted by atomic mass is 9.97. The molecule has 110 valence electrons. The first-order chi connectivity index (χ1) is 10.0. The summed E-state index contributed by atoms with van der Waals surface area (Å²) >= 11 is 11.9. The number of hydrogen-bond donors (Lipinski definition) is 1. The van der Waals surface area contributed by atoms with Crippen LogP contribution in [0.4, 0.5) is 4.39 Å². The van der Waals surface area contributed by atoms with Crippen LogP contribution in [0.1, 0.15) is 22.7 Å². The molecule has 1 unspecified atom stereocenters. The van der Waals surface area contributed by atoms with Crippen LogP contribution in [-0.4, -0.2) is 6.61 Å². The third kappa shape index (κ3) is 3.00. The standard InChI is InChI=1S/C16H14Cl2FNO/c17-12-5-10-3-4-21-16(10)11(6-12)8-15(20)9-1-2-14(19)13(18)7-9/h1-2,5-7,15H,3-4,8,20H2. The Balaban J connectivity index is 1.88. The molecule has 0 radical (unpaired) electrons. The molecule has 2 aromatic rings.